The summed E-state index contributed by atoms with van der Waals surface area (Å²) < 4.78 is 2.38. The molecule has 0 amide bonds. The van der Waals surface area contributed by atoms with Crippen molar-refractivity contribution in [2.24, 2.45) is 5.92 Å². The van der Waals surface area contributed by atoms with Gasteiger partial charge in [-0.25, -0.2) is 4.98 Å². The molecule has 2 heterocycles. The zero-order valence-corrected chi connectivity index (χ0v) is 9.30. The number of rotatable bonds is 2. The Balaban J connectivity index is 2.21. The van der Waals surface area contributed by atoms with Gasteiger partial charge >= 0.3 is 0 Å². The Morgan fingerprint density at radius 1 is 1.50 bits per heavy atom. The van der Waals surface area contributed by atoms with Crippen molar-refractivity contribution in [1.29, 1.82) is 0 Å². The van der Waals surface area contributed by atoms with Crippen LogP contribution in [0.4, 0.5) is 0 Å². The van der Waals surface area contributed by atoms with Crippen molar-refractivity contribution in [1.82, 2.24) is 14.9 Å². The van der Waals surface area contributed by atoms with E-state index in [-0.39, 0.29) is 0 Å². The Morgan fingerprint density at radius 3 is 3.00 bits per heavy atom. The molecular weight excluding hydrogens is 174 g/mol. The van der Waals surface area contributed by atoms with Crippen LogP contribution in [0.15, 0.2) is 0 Å². The molecule has 1 N–H and O–H groups in total. The van der Waals surface area contributed by atoms with Gasteiger partial charge in [-0.3, -0.25) is 0 Å². The highest BCUT2D eigenvalue weighted by molar-refractivity contribution is 5.17. The van der Waals surface area contributed by atoms with E-state index in [1.54, 1.807) is 0 Å². The first-order valence-electron chi connectivity index (χ1n) is 5.39. The van der Waals surface area contributed by atoms with Crippen molar-refractivity contribution in [3.05, 3.63) is 17.2 Å². The predicted molar refractivity (Wildman–Crippen MR) is 57.4 cm³/mol. The van der Waals surface area contributed by atoms with E-state index in [9.17, 15) is 0 Å². The SMILES string of the molecule is CNCC1CCn2c(C)nc(C)c2C1. The number of fused-ring (bicyclic) bond motifs is 1. The number of hydrogen-bond donors (Lipinski definition) is 1. The molecule has 1 unspecified atom stereocenters. The number of imidazole rings is 1. The molecule has 0 spiro atoms. The normalized spacial score (nSPS) is 20.9. The van der Waals surface area contributed by atoms with Crippen LogP contribution in [-0.2, 0) is 13.0 Å². The van der Waals surface area contributed by atoms with Crippen LogP contribution in [0.25, 0.3) is 0 Å². The molecule has 0 saturated heterocycles. The average Bonchev–Trinajstić information content (AvgIpc) is 2.43. The minimum Gasteiger partial charge on any atom is -0.332 e. The van der Waals surface area contributed by atoms with E-state index in [0.29, 0.717) is 0 Å². The maximum atomic E-state index is 4.53. The van der Waals surface area contributed by atoms with E-state index in [1.165, 1.54) is 30.1 Å². The van der Waals surface area contributed by atoms with Gasteiger partial charge in [0.15, 0.2) is 0 Å². The van der Waals surface area contributed by atoms with Gasteiger partial charge in [-0.15, -0.1) is 0 Å². The van der Waals surface area contributed by atoms with Gasteiger partial charge in [0.1, 0.15) is 5.82 Å². The van der Waals surface area contributed by atoms with Crippen LogP contribution in [0.2, 0.25) is 0 Å². The second kappa shape index (κ2) is 3.73. The molecule has 3 heteroatoms. The van der Waals surface area contributed by atoms with Crippen molar-refractivity contribution >= 4 is 0 Å². The molecule has 1 aliphatic heterocycles. The zero-order valence-electron chi connectivity index (χ0n) is 9.30. The Morgan fingerprint density at radius 2 is 2.29 bits per heavy atom. The van der Waals surface area contributed by atoms with Crippen molar-refractivity contribution in [3.63, 3.8) is 0 Å². The summed E-state index contributed by atoms with van der Waals surface area (Å²) in [6, 6.07) is 0. The lowest BCUT2D eigenvalue weighted by atomic mass is 9.95. The fourth-order valence-corrected chi connectivity index (χ4v) is 2.46. The van der Waals surface area contributed by atoms with Crippen LogP contribution >= 0.6 is 0 Å². The molecule has 1 atom stereocenters. The summed E-state index contributed by atoms with van der Waals surface area (Å²) in [7, 11) is 2.03. The molecule has 78 valence electrons. The summed E-state index contributed by atoms with van der Waals surface area (Å²) in [6.07, 6.45) is 2.47. The summed E-state index contributed by atoms with van der Waals surface area (Å²) in [5.74, 6) is 1.97. The molecule has 3 nitrogen and oxygen atoms in total. The fourth-order valence-electron chi connectivity index (χ4n) is 2.46. The maximum Gasteiger partial charge on any atom is 0.106 e. The lowest BCUT2D eigenvalue weighted by Gasteiger charge is -2.24. The number of nitrogens with zero attached hydrogens (tertiary/aromatic N) is 2. The standard InChI is InChI=1S/C11H19N3/c1-8-11-6-10(7-12-3)4-5-14(11)9(2)13-8/h10,12H,4-7H2,1-3H3. The van der Waals surface area contributed by atoms with Gasteiger partial charge in [0.25, 0.3) is 0 Å². The maximum absolute atomic E-state index is 4.53. The first-order chi connectivity index (χ1) is 6.72. The Kier molecular flexibility index (Phi) is 2.59. The third-order valence-electron chi connectivity index (χ3n) is 3.20. The third-order valence-corrected chi connectivity index (χ3v) is 3.20. The van der Waals surface area contributed by atoms with Gasteiger partial charge in [-0.1, -0.05) is 0 Å². The molecule has 1 aromatic heterocycles. The molecule has 1 aromatic rings. The van der Waals surface area contributed by atoms with E-state index in [1.807, 2.05) is 7.05 Å². The summed E-state index contributed by atoms with van der Waals surface area (Å²) in [5.41, 5.74) is 2.68. The minimum absolute atomic E-state index is 0.794. The van der Waals surface area contributed by atoms with Crippen LogP contribution in [0.5, 0.6) is 0 Å². The lowest BCUT2D eigenvalue weighted by Crippen LogP contribution is -2.27. The molecule has 0 saturated carbocycles. The zero-order chi connectivity index (χ0) is 10.1. The van der Waals surface area contributed by atoms with Crippen LogP contribution < -0.4 is 5.32 Å². The molecule has 2 rings (SSSR count). The quantitative estimate of drug-likeness (QED) is 0.767. The van der Waals surface area contributed by atoms with Crippen LogP contribution in [0, 0.1) is 19.8 Å². The van der Waals surface area contributed by atoms with Gasteiger partial charge < -0.3 is 9.88 Å². The Hall–Kier alpha value is -0.830. The van der Waals surface area contributed by atoms with Gasteiger partial charge in [0, 0.05) is 12.2 Å². The van der Waals surface area contributed by atoms with Crippen molar-refractivity contribution in [2.75, 3.05) is 13.6 Å². The smallest absolute Gasteiger partial charge is 0.106 e. The van der Waals surface area contributed by atoms with E-state index in [4.69, 9.17) is 0 Å². The van der Waals surface area contributed by atoms with Gasteiger partial charge in [-0.05, 0) is 46.2 Å². The van der Waals surface area contributed by atoms with Crippen molar-refractivity contribution in [2.45, 2.75) is 33.2 Å². The Labute approximate surface area is 85.5 Å². The van der Waals surface area contributed by atoms with Crippen molar-refractivity contribution < 1.29 is 0 Å². The van der Waals surface area contributed by atoms with E-state index in [0.717, 1.165) is 19.0 Å². The van der Waals surface area contributed by atoms with Crippen LogP contribution in [0.3, 0.4) is 0 Å². The number of hydrogen-bond acceptors (Lipinski definition) is 2. The van der Waals surface area contributed by atoms with E-state index >= 15 is 0 Å². The number of aryl methyl sites for hydroxylation is 2. The summed E-state index contributed by atoms with van der Waals surface area (Å²) in [5, 5.41) is 3.26. The molecule has 0 radical (unpaired) electrons. The number of nitrogens with one attached hydrogen (secondary N) is 1. The second-order valence-electron chi connectivity index (χ2n) is 4.26. The summed E-state index contributed by atoms with van der Waals surface area (Å²) >= 11 is 0. The summed E-state index contributed by atoms with van der Waals surface area (Å²) in [4.78, 5) is 4.53. The molecule has 14 heavy (non-hydrogen) atoms. The monoisotopic (exact) mass is 193 g/mol. The molecule has 0 aromatic carbocycles. The largest absolute Gasteiger partial charge is 0.332 e. The Bertz CT molecular complexity index is 328. The van der Waals surface area contributed by atoms with Gasteiger partial charge in [-0.2, -0.15) is 0 Å². The second-order valence-corrected chi connectivity index (χ2v) is 4.26. The predicted octanol–water partition coefficient (Wildman–Crippen LogP) is 1.28. The van der Waals surface area contributed by atoms with Crippen LogP contribution in [0.1, 0.15) is 23.6 Å². The molecule has 0 fully saturated rings. The van der Waals surface area contributed by atoms with Gasteiger partial charge in [0.05, 0.1) is 5.69 Å². The average molecular weight is 193 g/mol. The highest BCUT2D eigenvalue weighted by Crippen LogP contribution is 2.23. The molecule has 0 aliphatic carbocycles. The molecule has 1 aliphatic rings. The first kappa shape index (κ1) is 9.71. The highest BCUT2D eigenvalue weighted by Gasteiger charge is 2.21. The third kappa shape index (κ3) is 1.57. The van der Waals surface area contributed by atoms with Crippen molar-refractivity contribution in [3.8, 4) is 0 Å². The van der Waals surface area contributed by atoms with E-state index in [2.05, 4.69) is 28.7 Å². The topological polar surface area (TPSA) is 29.9 Å². The highest BCUT2D eigenvalue weighted by atomic mass is 15.1. The first-order valence-corrected chi connectivity index (χ1v) is 5.39. The fraction of sp³-hybridized carbons (Fsp3) is 0.727. The number of aromatic nitrogens is 2. The lowest BCUT2D eigenvalue weighted by molar-refractivity contribution is 0.374. The van der Waals surface area contributed by atoms with E-state index < -0.39 is 0 Å². The van der Waals surface area contributed by atoms with Crippen LogP contribution in [-0.4, -0.2) is 23.1 Å². The van der Waals surface area contributed by atoms with Gasteiger partial charge in [0.2, 0.25) is 0 Å². The minimum atomic E-state index is 0.794. The summed E-state index contributed by atoms with van der Waals surface area (Å²) in [6.45, 7) is 6.51. The molecule has 0 bridgehead atoms. The molecular formula is C11H19N3.